The molecule has 2 heteroatoms. The lowest BCUT2D eigenvalue weighted by Gasteiger charge is -2.08. The van der Waals surface area contributed by atoms with E-state index in [0.29, 0.717) is 0 Å². The van der Waals surface area contributed by atoms with E-state index in [1.807, 2.05) is 31.4 Å². The maximum atomic E-state index is 4.48. The van der Waals surface area contributed by atoms with Crippen LogP contribution in [0.2, 0.25) is 0 Å². The minimum atomic E-state index is 1.03. The molecule has 0 atom stereocenters. The maximum absolute atomic E-state index is 4.48. The number of fused-ring (bicyclic) bond motifs is 3. The number of hydrogen-bond donors (Lipinski definition) is 1. The molecule has 2 nitrogen and oxygen atoms in total. The number of hydrogen-bond acceptors (Lipinski definition) is 2. The molecule has 2 aromatic carbocycles. The highest BCUT2D eigenvalue weighted by molar-refractivity contribution is 6.11. The highest BCUT2D eigenvalue weighted by Crippen LogP contribution is 2.29. The standard InChI is InChI=1S/C14H12N2/c1-15-12-7-4-8-13-14(12)11-6-3-2-5-10(11)9-16-13/h2-9,15H,1H3. The van der Waals surface area contributed by atoms with Crippen LogP contribution in [-0.4, -0.2) is 12.0 Å². The molecule has 0 saturated carbocycles. The van der Waals surface area contributed by atoms with Crippen molar-refractivity contribution in [2.45, 2.75) is 0 Å². The number of nitrogens with one attached hydrogen (secondary N) is 1. The molecule has 0 bridgehead atoms. The third-order valence-corrected chi connectivity index (χ3v) is 2.88. The van der Waals surface area contributed by atoms with Crippen molar-refractivity contribution in [1.29, 1.82) is 0 Å². The summed E-state index contributed by atoms with van der Waals surface area (Å²) in [5.74, 6) is 0. The van der Waals surface area contributed by atoms with Crippen LogP contribution < -0.4 is 5.32 Å². The Labute approximate surface area is 93.9 Å². The van der Waals surface area contributed by atoms with Crippen molar-refractivity contribution in [3.8, 4) is 0 Å². The second-order valence-corrected chi connectivity index (χ2v) is 3.80. The average Bonchev–Trinajstić information content (AvgIpc) is 2.37. The summed E-state index contributed by atoms with van der Waals surface area (Å²) in [5.41, 5.74) is 2.16. The van der Waals surface area contributed by atoms with Crippen LogP contribution in [0.25, 0.3) is 21.7 Å². The lowest BCUT2D eigenvalue weighted by atomic mass is 10.1. The largest absolute Gasteiger partial charge is 0.388 e. The number of anilines is 1. The predicted molar refractivity (Wildman–Crippen MR) is 68.8 cm³/mol. The molecule has 1 aromatic heterocycles. The summed E-state index contributed by atoms with van der Waals surface area (Å²) in [4.78, 5) is 4.48. The van der Waals surface area contributed by atoms with E-state index in [2.05, 4.69) is 34.6 Å². The maximum Gasteiger partial charge on any atom is 0.0729 e. The van der Waals surface area contributed by atoms with Gasteiger partial charge in [0.15, 0.2) is 0 Å². The van der Waals surface area contributed by atoms with E-state index in [0.717, 1.165) is 11.2 Å². The number of benzene rings is 2. The quantitative estimate of drug-likeness (QED) is 0.620. The first-order valence-electron chi connectivity index (χ1n) is 5.34. The summed E-state index contributed by atoms with van der Waals surface area (Å²) in [6.45, 7) is 0. The molecule has 3 aromatic rings. The minimum Gasteiger partial charge on any atom is -0.388 e. The fourth-order valence-electron chi connectivity index (χ4n) is 2.12. The first-order valence-corrected chi connectivity index (χ1v) is 5.34. The Balaban J connectivity index is 2.57. The predicted octanol–water partition coefficient (Wildman–Crippen LogP) is 3.43. The van der Waals surface area contributed by atoms with Crippen molar-refractivity contribution < 1.29 is 0 Å². The van der Waals surface area contributed by atoms with Gasteiger partial charge < -0.3 is 5.32 Å². The van der Waals surface area contributed by atoms with Gasteiger partial charge in [0.2, 0.25) is 0 Å². The van der Waals surface area contributed by atoms with E-state index < -0.39 is 0 Å². The number of aromatic nitrogens is 1. The molecule has 1 N–H and O–H groups in total. The third-order valence-electron chi connectivity index (χ3n) is 2.88. The normalized spacial score (nSPS) is 10.8. The van der Waals surface area contributed by atoms with E-state index in [-0.39, 0.29) is 0 Å². The molecule has 78 valence electrons. The molecule has 0 aliphatic rings. The average molecular weight is 208 g/mol. The molecule has 0 saturated heterocycles. The molecule has 0 fully saturated rings. The molecule has 0 aliphatic carbocycles. The Kier molecular flexibility index (Phi) is 2.00. The Bertz CT molecular complexity index is 659. The van der Waals surface area contributed by atoms with Gasteiger partial charge in [0.1, 0.15) is 0 Å². The van der Waals surface area contributed by atoms with Gasteiger partial charge in [-0.15, -0.1) is 0 Å². The van der Waals surface area contributed by atoms with Gasteiger partial charge in [0, 0.05) is 29.7 Å². The van der Waals surface area contributed by atoms with Crippen molar-refractivity contribution in [2.24, 2.45) is 0 Å². The first kappa shape index (κ1) is 9.16. The van der Waals surface area contributed by atoms with Crippen molar-refractivity contribution in [3.63, 3.8) is 0 Å². The van der Waals surface area contributed by atoms with Gasteiger partial charge in [0.25, 0.3) is 0 Å². The van der Waals surface area contributed by atoms with Crippen LogP contribution in [0.3, 0.4) is 0 Å². The summed E-state index contributed by atoms with van der Waals surface area (Å²) in [5, 5.41) is 6.85. The molecular weight excluding hydrogens is 196 g/mol. The summed E-state index contributed by atoms with van der Waals surface area (Å²) >= 11 is 0. The molecular formula is C14H12N2. The lowest BCUT2D eigenvalue weighted by molar-refractivity contribution is 1.43. The van der Waals surface area contributed by atoms with Crippen LogP contribution in [0.1, 0.15) is 0 Å². The SMILES string of the molecule is CNc1cccc2ncc3ccccc3c12. The summed E-state index contributed by atoms with van der Waals surface area (Å²) in [7, 11) is 1.94. The number of nitrogens with zero attached hydrogens (tertiary/aromatic N) is 1. The third kappa shape index (κ3) is 1.23. The monoisotopic (exact) mass is 208 g/mol. The highest BCUT2D eigenvalue weighted by atomic mass is 14.8. The first-order chi connectivity index (χ1) is 7.90. The van der Waals surface area contributed by atoms with Gasteiger partial charge >= 0.3 is 0 Å². The minimum absolute atomic E-state index is 1.03. The smallest absolute Gasteiger partial charge is 0.0729 e. The van der Waals surface area contributed by atoms with Gasteiger partial charge in [-0.2, -0.15) is 0 Å². The summed E-state index contributed by atoms with van der Waals surface area (Å²) < 4.78 is 0. The zero-order valence-corrected chi connectivity index (χ0v) is 9.07. The molecule has 3 rings (SSSR count). The molecule has 0 amide bonds. The fraction of sp³-hybridized carbons (Fsp3) is 0.0714. The Hall–Kier alpha value is -2.09. The van der Waals surface area contributed by atoms with Gasteiger partial charge in [-0.25, -0.2) is 0 Å². The second-order valence-electron chi connectivity index (χ2n) is 3.80. The van der Waals surface area contributed by atoms with Gasteiger partial charge in [-0.05, 0) is 17.5 Å². The van der Waals surface area contributed by atoms with Crippen molar-refractivity contribution in [2.75, 3.05) is 12.4 Å². The highest BCUT2D eigenvalue weighted by Gasteiger charge is 2.04. The van der Waals surface area contributed by atoms with Gasteiger partial charge in [-0.1, -0.05) is 30.3 Å². The topological polar surface area (TPSA) is 24.9 Å². The summed E-state index contributed by atoms with van der Waals surface area (Å²) in [6.07, 6.45) is 1.93. The van der Waals surface area contributed by atoms with Crippen LogP contribution in [0.4, 0.5) is 5.69 Å². The van der Waals surface area contributed by atoms with E-state index >= 15 is 0 Å². The van der Waals surface area contributed by atoms with Crippen LogP contribution in [0, 0.1) is 0 Å². The van der Waals surface area contributed by atoms with Crippen molar-refractivity contribution >= 4 is 27.4 Å². The number of pyridine rings is 1. The molecule has 16 heavy (non-hydrogen) atoms. The lowest BCUT2D eigenvalue weighted by Crippen LogP contribution is -1.91. The van der Waals surface area contributed by atoms with Crippen LogP contribution in [0.5, 0.6) is 0 Å². The van der Waals surface area contributed by atoms with Crippen molar-refractivity contribution in [1.82, 2.24) is 4.98 Å². The van der Waals surface area contributed by atoms with Crippen LogP contribution in [-0.2, 0) is 0 Å². The van der Waals surface area contributed by atoms with Crippen molar-refractivity contribution in [3.05, 3.63) is 48.7 Å². The Morgan fingerprint density at radius 1 is 1.00 bits per heavy atom. The number of rotatable bonds is 1. The Morgan fingerprint density at radius 3 is 2.75 bits per heavy atom. The summed E-state index contributed by atoms with van der Waals surface area (Å²) in [6, 6.07) is 14.5. The molecule has 0 unspecified atom stereocenters. The Morgan fingerprint density at radius 2 is 1.88 bits per heavy atom. The molecule has 0 spiro atoms. The van der Waals surface area contributed by atoms with E-state index in [4.69, 9.17) is 0 Å². The molecule has 1 heterocycles. The second kappa shape index (κ2) is 3.49. The van der Waals surface area contributed by atoms with E-state index in [9.17, 15) is 0 Å². The van der Waals surface area contributed by atoms with Gasteiger partial charge in [0.05, 0.1) is 5.52 Å². The van der Waals surface area contributed by atoms with E-state index in [1.54, 1.807) is 0 Å². The van der Waals surface area contributed by atoms with E-state index in [1.165, 1.54) is 16.2 Å². The van der Waals surface area contributed by atoms with Crippen LogP contribution >= 0.6 is 0 Å². The molecule has 0 aliphatic heterocycles. The molecule has 0 radical (unpaired) electrons. The van der Waals surface area contributed by atoms with Crippen LogP contribution in [0.15, 0.2) is 48.7 Å². The fourth-order valence-corrected chi connectivity index (χ4v) is 2.12. The van der Waals surface area contributed by atoms with Gasteiger partial charge in [-0.3, -0.25) is 4.98 Å². The zero-order valence-electron chi connectivity index (χ0n) is 9.07. The zero-order chi connectivity index (χ0) is 11.0.